The van der Waals surface area contributed by atoms with Crippen molar-refractivity contribution >= 4 is 17.9 Å². The highest BCUT2D eigenvalue weighted by Gasteiger charge is 2.19. The molecule has 0 heterocycles. The summed E-state index contributed by atoms with van der Waals surface area (Å²) in [6, 6.07) is 0. The summed E-state index contributed by atoms with van der Waals surface area (Å²) in [7, 11) is 0. The molecule has 0 fully saturated rings. The van der Waals surface area contributed by atoms with Crippen molar-refractivity contribution in [1.82, 2.24) is 0 Å². The lowest BCUT2D eigenvalue weighted by molar-refractivity contribution is -0.167. The first-order valence-corrected chi connectivity index (χ1v) is 33.3. The molecule has 0 amide bonds. The molecule has 0 radical (unpaired) electrons. The smallest absolute Gasteiger partial charge is 0.306 e. The molecule has 76 heavy (non-hydrogen) atoms. The molecular formula is C70H126O6. The van der Waals surface area contributed by atoms with Gasteiger partial charge >= 0.3 is 17.9 Å². The third-order valence-corrected chi connectivity index (χ3v) is 14.8. The Bertz CT molecular complexity index is 1360. The summed E-state index contributed by atoms with van der Waals surface area (Å²) in [5.74, 6) is -0.862. The zero-order chi connectivity index (χ0) is 55.0. The highest BCUT2D eigenvalue weighted by Crippen LogP contribution is 2.18. The van der Waals surface area contributed by atoms with Gasteiger partial charge in [-0.25, -0.2) is 0 Å². The van der Waals surface area contributed by atoms with E-state index in [0.717, 1.165) is 83.5 Å². The van der Waals surface area contributed by atoms with Gasteiger partial charge in [-0.1, -0.05) is 306 Å². The molecule has 0 aromatic rings. The molecule has 0 saturated heterocycles. The summed E-state index contributed by atoms with van der Waals surface area (Å²) in [6.45, 7) is 6.51. The zero-order valence-corrected chi connectivity index (χ0v) is 50.8. The van der Waals surface area contributed by atoms with Crippen molar-refractivity contribution in [2.75, 3.05) is 13.2 Å². The van der Waals surface area contributed by atoms with E-state index < -0.39 is 6.10 Å². The largest absolute Gasteiger partial charge is 0.462 e. The minimum atomic E-state index is -0.769. The fraction of sp³-hybridized carbons (Fsp3) is 0.814. The molecule has 0 N–H and O–H groups in total. The van der Waals surface area contributed by atoms with Crippen molar-refractivity contribution in [2.45, 2.75) is 354 Å². The van der Waals surface area contributed by atoms with E-state index in [0.29, 0.717) is 19.3 Å². The van der Waals surface area contributed by atoms with Crippen molar-refractivity contribution in [2.24, 2.45) is 0 Å². The second kappa shape index (κ2) is 64.6. The molecule has 0 aromatic heterocycles. The van der Waals surface area contributed by atoms with Crippen LogP contribution in [0.2, 0.25) is 0 Å². The van der Waals surface area contributed by atoms with Crippen molar-refractivity contribution in [3.05, 3.63) is 60.8 Å². The lowest BCUT2D eigenvalue weighted by Crippen LogP contribution is -2.30. The van der Waals surface area contributed by atoms with Gasteiger partial charge in [0.1, 0.15) is 13.2 Å². The summed E-state index contributed by atoms with van der Waals surface area (Å²) in [5.41, 5.74) is 0. The van der Waals surface area contributed by atoms with E-state index in [4.69, 9.17) is 14.2 Å². The second-order valence-electron chi connectivity index (χ2n) is 22.4. The Morgan fingerprint density at radius 3 is 0.816 bits per heavy atom. The van der Waals surface area contributed by atoms with E-state index >= 15 is 0 Å². The van der Waals surface area contributed by atoms with Crippen LogP contribution in [0.4, 0.5) is 0 Å². The molecule has 0 rings (SSSR count). The SMILES string of the molecule is CC/C=C\C/C=C\C/C=C\C/C=C\CCCCCCCCCCCCCCCCCCCCCCC(=O)OCC(COC(=O)CCCCCCCC)OC(=O)CCCCCCCCCCC/C=C\CCCCCCCC. The number of hydrogen-bond donors (Lipinski definition) is 0. The van der Waals surface area contributed by atoms with Crippen LogP contribution in [0.5, 0.6) is 0 Å². The third kappa shape index (κ3) is 62.0. The van der Waals surface area contributed by atoms with Crippen LogP contribution >= 0.6 is 0 Å². The molecule has 1 atom stereocenters. The number of allylic oxidation sites excluding steroid dienone is 10. The van der Waals surface area contributed by atoms with Crippen LogP contribution in [0.15, 0.2) is 60.8 Å². The lowest BCUT2D eigenvalue weighted by atomic mass is 10.0. The van der Waals surface area contributed by atoms with E-state index in [2.05, 4.69) is 81.5 Å². The van der Waals surface area contributed by atoms with Crippen LogP contribution < -0.4 is 0 Å². The molecule has 442 valence electrons. The Balaban J connectivity index is 3.96. The predicted octanol–water partition coefficient (Wildman–Crippen LogP) is 22.7. The Labute approximate surface area is 472 Å². The van der Waals surface area contributed by atoms with Crippen LogP contribution in [0, 0.1) is 0 Å². The van der Waals surface area contributed by atoms with Crippen LogP contribution in [0.3, 0.4) is 0 Å². The van der Waals surface area contributed by atoms with Gasteiger partial charge < -0.3 is 14.2 Å². The maximum absolute atomic E-state index is 12.8. The van der Waals surface area contributed by atoms with Crippen molar-refractivity contribution in [1.29, 1.82) is 0 Å². The van der Waals surface area contributed by atoms with Gasteiger partial charge in [-0.15, -0.1) is 0 Å². The van der Waals surface area contributed by atoms with Crippen LogP contribution in [-0.2, 0) is 28.6 Å². The number of unbranched alkanes of at least 4 members (excludes halogenated alkanes) is 40. The maximum atomic E-state index is 12.8. The summed E-state index contributed by atoms with van der Waals surface area (Å²) >= 11 is 0. The van der Waals surface area contributed by atoms with Gasteiger partial charge in [0, 0.05) is 19.3 Å². The molecule has 0 aliphatic carbocycles. The molecular weight excluding hydrogens is 937 g/mol. The van der Waals surface area contributed by atoms with Gasteiger partial charge in [-0.05, 0) is 83.5 Å². The first kappa shape index (κ1) is 73.1. The van der Waals surface area contributed by atoms with Crippen molar-refractivity contribution in [3.63, 3.8) is 0 Å². The number of ether oxygens (including phenoxy) is 3. The van der Waals surface area contributed by atoms with E-state index in [1.165, 1.54) is 225 Å². The van der Waals surface area contributed by atoms with Gasteiger partial charge in [0.15, 0.2) is 6.10 Å². The van der Waals surface area contributed by atoms with Gasteiger partial charge in [-0.2, -0.15) is 0 Å². The van der Waals surface area contributed by atoms with E-state index in [1.807, 2.05) is 0 Å². The number of carbonyl (C=O) groups is 3. The lowest BCUT2D eigenvalue weighted by Gasteiger charge is -2.18. The molecule has 0 spiro atoms. The molecule has 6 nitrogen and oxygen atoms in total. The maximum Gasteiger partial charge on any atom is 0.306 e. The van der Waals surface area contributed by atoms with Crippen molar-refractivity contribution < 1.29 is 28.6 Å². The van der Waals surface area contributed by atoms with Gasteiger partial charge in [-0.3, -0.25) is 14.4 Å². The van der Waals surface area contributed by atoms with Crippen LogP contribution in [0.25, 0.3) is 0 Å². The summed E-state index contributed by atoms with van der Waals surface area (Å²) in [6.07, 6.45) is 82.9. The molecule has 1 unspecified atom stereocenters. The summed E-state index contributed by atoms with van der Waals surface area (Å²) in [4.78, 5) is 38.0. The van der Waals surface area contributed by atoms with Crippen LogP contribution in [-0.4, -0.2) is 37.2 Å². The molecule has 0 aliphatic heterocycles. The van der Waals surface area contributed by atoms with E-state index in [9.17, 15) is 14.4 Å². The summed E-state index contributed by atoms with van der Waals surface area (Å²) in [5, 5.41) is 0. The fourth-order valence-electron chi connectivity index (χ4n) is 9.79. The average molecular weight is 1060 g/mol. The zero-order valence-electron chi connectivity index (χ0n) is 50.8. The van der Waals surface area contributed by atoms with E-state index in [-0.39, 0.29) is 31.1 Å². The monoisotopic (exact) mass is 1060 g/mol. The van der Waals surface area contributed by atoms with Gasteiger partial charge in [0.2, 0.25) is 0 Å². The number of rotatable bonds is 61. The minimum Gasteiger partial charge on any atom is -0.462 e. The molecule has 6 heteroatoms. The summed E-state index contributed by atoms with van der Waals surface area (Å²) < 4.78 is 16.8. The van der Waals surface area contributed by atoms with Gasteiger partial charge in [0.05, 0.1) is 0 Å². The predicted molar refractivity (Wildman–Crippen MR) is 330 cm³/mol. The van der Waals surface area contributed by atoms with Gasteiger partial charge in [0.25, 0.3) is 0 Å². The Hall–Kier alpha value is -2.89. The third-order valence-electron chi connectivity index (χ3n) is 14.8. The molecule has 0 bridgehead atoms. The topological polar surface area (TPSA) is 78.9 Å². The minimum absolute atomic E-state index is 0.0698. The molecule has 0 saturated carbocycles. The molecule has 0 aliphatic rings. The van der Waals surface area contributed by atoms with E-state index in [1.54, 1.807) is 0 Å². The second-order valence-corrected chi connectivity index (χ2v) is 22.4. The number of hydrogen-bond acceptors (Lipinski definition) is 6. The molecule has 0 aromatic carbocycles. The Morgan fingerprint density at radius 2 is 0.513 bits per heavy atom. The standard InChI is InChI=1S/C70H126O6/c1-4-7-10-13-16-18-20-22-24-26-28-29-30-31-32-33-34-35-36-37-38-39-40-41-43-44-46-48-50-52-54-57-60-63-69(72)75-66-67(65-74-68(71)62-59-56-15-12-9-6-3)76-70(73)64-61-58-55-53-51-49-47-45-42-27-25-23-21-19-17-14-11-8-5-2/h7,10,16,18,22-25,28-29,67H,4-6,8-9,11-15,17,19-21,26-27,30-66H2,1-3H3/b10-7-,18-16-,24-22-,25-23-,29-28-. The van der Waals surface area contributed by atoms with Crippen molar-refractivity contribution in [3.8, 4) is 0 Å². The Morgan fingerprint density at radius 1 is 0.276 bits per heavy atom. The highest BCUT2D eigenvalue weighted by atomic mass is 16.6. The first-order valence-electron chi connectivity index (χ1n) is 33.3. The first-order chi connectivity index (χ1) is 37.5. The Kier molecular flexibility index (Phi) is 62.2. The number of esters is 3. The normalized spacial score (nSPS) is 12.4. The van der Waals surface area contributed by atoms with Crippen LogP contribution in [0.1, 0.15) is 348 Å². The fourth-order valence-corrected chi connectivity index (χ4v) is 9.79. The highest BCUT2D eigenvalue weighted by molar-refractivity contribution is 5.71. The number of carbonyl (C=O) groups excluding carboxylic acids is 3. The average Bonchev–Trinajstić information content (AvgIpc) is 3.42. The quantitative estimate of drug-likeness (QED) is 0.0261.